The maximum Gasteiger partial charge on any atom is 0.265 e. The van der Waals surface area contributed by atoms with E-state index in [-0.39, 0.29) is 5.91 Å². The Morgan fingerprint density at radius 1 is 1.22 bits per heavy atom. The fraction of sp³-hybridized carbons (Fsp3) is 0.235. The van der Waals surface area contributed by atoms with Gasteiger partial charge in [0.05, 0.1) is 16.6 Å². The first-order chi connectivity index (χ1) is 10.9. The van der Waals surface area contributed by atoms with Crippen LogP contribution in [0.4, 0.5) is 5.69 Å². The van der Waals surface area contributed by atoms with Gasteiger partial charge in [-0.05, 0) is 65.7 Å². The summed E-state index contributed by atoms with van der Waals surface area (Å²) in [5, 5.41) is 3.20. The van der Waals surface area contributed by atoms with Crippen LogP contribution in [0.3, 0.4) is 0 Å². The number of hydrogen-bond acceptors (Lipinski definition) is 3. The predicted molar refractivity (Wildman–Crippen MR) is 95.6 cm³/mol. The second-order valence-corrected chi connectivity index (χ2v) is 6.29. The van der Waals surface area contributed by atoms with Gasteiger partial charge in [-0.3, -0.25) is 4.79 Å². The number of nitrogens with one attached hydrogen (secondary N) is 1. The van der Waals surface area contributed by atoms with Gasteiger partial charge in [0.1, 0.15) is 11.5 Å². The van der Waals surface area contributed by atoms with Gasteiger partial charge >= 0.3 is 0 Å². The zero-order chi connectivity index (χ0) is 17.0. The molecule has 0 aliphatic carbocycles. The number of amides is 1. The molecule has 2 aromatic rings. The smallest absolute Gasteiger partial charge is 0.265 e. The van der Waals surface area contributed by atoms with Crippen molar-refractivity contribution in [3.8, 4) is 11.5 Å². The zero-order valence-corrected chi connectivity index (χ0v) is 15.4. The second kappa shape index (κ2) is 7.70. The Morgan fingerprint density at radius 3 is 2.52 bits per heavy atom. The highest BCUT2D eigenvalue weighted by Gasteiger charge is 2.16. The number of aryl methyl sites for hydroxylation is 1. The molecule has 0 aliphatic heterocycles. The number of carbonyl (C=O) groups excluding carboxylic acids is 1. The molecule has 0 radical (unpaired) electrons. The standard InChI is InChI=1S/C17H17BrClNO3/c1-10-4-6-15(13(18)8-10)23-11(2)17(21)20-12-5-7-16(22-3)14(19)9-12/h4-9,11H,1-3H3,(H,20,21). The summed E-state index contributed by atoms with van der Waals surface area (Å²) >= 11 is 9.47. The van der Waals surface area contributed by atoms with Crippen LogP contribution in [0.15, 0.2) is 40.9 Å². The molecule has 2 rings (SSSR count). The van der Waals surface area contributed by atoms with Crippen LogP contribution in [0.2, 0.25) is 5.02 Å². The molecule has 122 valence electrons. The van der Waals surface area contributed by atoms with E-state index >= 15 is 0 Å². The van der Waals surface area contributed by atoms with Crippen molar-refractivity contribution in [2.24, 2.45) is 0 Å². The molecule has 4 nitrogen and oxygen atoms in total. The molecular formula is C17H17BrClNO3. The lowest BCUT2D eigenvalue weighted by molar-refractivity contribution is -0.122. The van der Waals surface area contributed by atoms with Crippen LogP contribution >= 0.6 is 27.5 Å². The number of ether oxygens (including phenoxy) is 2. The van der Waals surface area contributed by atoms with Crippen LogP contribution < -0.4 is 14.8 Å². The Labute approximate surface area is 148 Å². The summed E-state index contributed by atoms with van der Waals surface area (Å²) in [4.78, 5) is 12.2. The fourth-order valence-electron chi connectivity index (χ4n) is 1.93. The van der Waals surface area contributed by atoms with Gasteiger partial charge in [-0.1, -0.05) is 17.7 Å². The monoisotopic (exact) mass is 397 g/mol. The van der Waals surface area contributed by atoms with Gasteiger partial charge < -0.3 is 14.8 Å². The van der Waals surface area contributed by atoms with E-state index < -0.39 is 6.10 Å². The van der Waals surface area contributed by atoms with Gasteiger partial charge in [0.25, 0.3) is 5.91 Å². The van der Waals surface area contributed by atoms with Crippen molar-refractivity contribution in [1.82, 2.24) is 0 Å². The molecule has 1 atom stereocenters. The molecule has 0 saturated heterocycles. The van der Waals surface area contributed by atoms with Crippen molar-refractivity contribution in [3.63, 3.8) is 0 Å². The normalized spacial score (nSPS) is 11.7. The summed E-state index contributed by atoms with van der Waals surface area (Å²) in [6.45, 7) is 3.67. The van der Waals surface area contributed by atoms with Crippen LogP contribution in [0.1, 0.15) is 12.5 Å². The Bertz CT molecular complexity index is 721. The summed E-state index contributed by atoms with van der Waals surface area (Å²) in [5.74, 6) is 0.905. The van der Waals surface area contributed by atoms with Gasteiger partial charge in [0.2, 0.25) is 0 Å². The maximum absolute atomic E-state index is 12.2. The molecule has 0 aromatic heterocycles. The topological polar surface area (TPSA) is 47.6 Å². The highest BCUT2D eigenvalue weighted by molar-refractivity contribution is 9.10. The molecule has 0 saturated carbocycles. The Hall–Kier alpha value is -1.72. The molecule has 0 bridgehead atoms. The quantitative estimate of drug-likeness (QED) is 0.785. The van der Waals surface area contributed by atoms with Gasteiger partial charge in [-0.15, -0.1) is 0 Å². The van der Waals surface area contributed by atoms with Crippen LogP contribution in [0.5, 0.6) is 11.5 Å². The number of anilines is 1. The van der Waals surface area contributed by atoms with Gasteiger partial charge in [0, 0.05) is 5.69 Å². The molecule has 6 heteroatoms. The maximum atomic E-state index is 12.2. The van der Waals surface area contributed by atoms with Crippen molar-refractivity contribution in [1.29, 1.82) is 0 Å². The summed E-state index contributed by atoms with van der Waals surface area (Å²) in [6, 6.07) is 10.7. The average molecular weight is 399 g/mol. The van der Waals surface area contributed by atoms with E-state index in [1.165, 1.54) is 7.11 Å². The third kappa shape index (κ3) is 4.62. The largest absolute Gasteiger partial charge is 0.495 e. The van der Waals surface area contributed by atoms with E-state index in [4.69, 9.17) is 21.1 Å². The molecule has 0 spiro atoms. The minimum absolute atomic E-state index is 0.265. The zero-order valence-electron chi connectivity index (χ0n) is 13.0. The van der Waals surface area contributed by atoms with Crippen LogP contribution in [0.25, 0.3) is 0 Å². The van der Waals surface area contributed by atoms with Crippen molar-refractivity contribution >= 4 is 39.1 Å². The number of carbonyl (C=O) groups is 1. The number of hydrogen-bond donors (Lipinski definition) is 1. The fourth-order valence-corrected chi connectivity index (χ4v) is 2.78. The Kier molecular flexibility index (Phi) is 5.91. The van der Waals surface area contributed by atoms with E-state index in [1.807, 2.05) is 25.1 Å². The Morgan fingerprint density at radius 2 is 1.91 bits per heavy atom. The minimum Gasteiger partial charge on any atom is -0.495 e. The lowest BCUT2D eigenvalue weighted by Gasteiger charge is -2.16. The summed E-state index contributed by atoms with van der Waals surface area (Å²) in [5.41, 5.74) is 1.69. The number of methoxy groups -OCH3 is 1. The molecule has 1 N–H and O–H groups in total. The summed E-state index contributed by atoms with van der Waals surface area (Å²) in [6.07, 6.45) is -0.658. The van der Waals surface area contributed by atoms with E-state index in [1.54, 1.807) is 25.1 Å². The van der Waals surface area contributed by atoms with Crippen LogP contribution in [-0.4, -0.2) is 19.1 Å². The van der Waals surface area contributed by atoms with Crippen molar-refractivity contribution in [2.45, 2.75) is 20.0 Å². The van der Waals surface area contributed by atoms with Gasteiger partial charge in [0.15, 0.2) is 6.10 Å². The third-order valence-corrected chi connectivity index (χ3v) is 4.09. The van der Waals surface area contributed by atoms with Gasteiger partial charge in [-0.25, -0.2) is 0 Å². The second-order valence-electron chi connectivity index (χ2n) is 5.03. The molecule has 0 fully saturated rings. The summed E-state index contributed by atoms with van der Waals surface area (Å²) < 4.78 is 11.6. The van der Waals surface area contributed by atoms with Gasteiger partial charge in [-0.2, -0.15) is 0 Å². The number of rotatable bonds is 5. The van der Waals surface area contributed by atoms with Crippen LogP contribution in [-0.2, 0) is 4.79 Å². The summed E-state index contributed by atoms with van der Waals surface area (Å²) in [7, 11) is 1.54. The van der Waals surface area contributed by atoms with Crippen molar-refractivity contribution in [3.05, 3.63) is 51.5 Å². The first-order valence-electron chi connectivity index (χ1n) is 6.98. The van der Waals surface area contributed by atoms with E-state index in [0.29, 0.717) is 22.2 Å². The molecule has 1 unspecified atom stereocenters. The highest BCUT2D eigenvalue weighted by atomic mass is 79.9. The van der Waals surface area contributed by atoms with Crippen molar-refractivity contribution < 1.29 is 14.3 Å². The molecule has 23 heavy (non-hydrogen) atoms. The van der Waals surface area contributed by atoms with Crippen LogP contribution in [0, 0.1) is 6.92 Å². The number of benzene rings is 2. The molecular weight excluding hydrogens is 382 g/mol. The highest BCUT2D eigenvalue weighted by Crippen LogP contribution is 2.28. The SMILES string of the molecule is COc1ccc(NC(=O)C(C)Oc2ccc(C)cc2Br)cc1Cl. The average Bonchev–Trinajstić information content (AvgIpc) is 2.50. The first-order valence-corrected chi connectivity index (χ1v) is 8.15. The molecule has 2 aromatic carbocycles. The predicted octanol–water partition coefficient (Wildman–Crippen LogP) is 4.83. The molecule has 0 aliphatic rings. The molecule has 0 heterocycles. The van der Waals surface area contributed by atoms with Crippen molar-refractivity contribution in [2.75, 3.05) is 12.4 Å². The number of halogens is 2. The molecule has 1 amide bonds. The lowest BCUT2D eigenvalue weighted by atomic mass is 10.2. The minimum atomic E-state index is -0.658. The van der Waals surface area contributed by atoms with E-state index in [2.05, 4.69) is 21.2 Å². The van der Waals surface area contributed by atoms with E-state index in [9.17, 15) is 4.79 Å². The first kappa shape index (κ1) is 17.6. The lowest BCUT2D eigenvalue weighted by Crippen LogP contribution is -2.30. The Balaban J connectivity index is 2.03. The third-order valence-electron chi connectivity index (χ3n) is 3.18. The van der Waals surface area contributed by atoms with E-state index in [0.717, 1.165) is 10.0 Å².